The fourth-order valence-corrected chi connectivity index (χ4v) is 2.95. The van der Waals surface area contributed by atoms with Crippen molar-refractivity contribution in [1.82, 2.24) is 9.38 Å². The zero-order chi connectivity index (χ0) is 21.1. The van der Waals surface area contributed by atoms with Crippen molar-refractivity contribution in [2.75, 3.05) is 26.6 Å². The van der Waals surface area contributed by atoms with E-state index in [-0.39, 0.29) is 16.8 Å². The van der Waals surface area contributed by atoms with Crippen molar-refractivity contribution in [2.45, 2.75) is 6.92 Å². The lowest BCUT2D eigenvalue weighted by molar-refractivity contribution is 0.0599. The Labute approximate surface area is 166 Å². The molecule has 2 heterocycles. The SMILES string of the molecule is COC(=O)c1cc(NC(=O)c2c(C)nc3c(OC)cccn23)cc(C(=O)OC)c1. The highest BCUT2D eigenvalue weighted by molar-refractivity contribution is 6.06. The topological polar surface area (TPSA) is 108 Å². The summed E-state index contributed by atoms with van der Waals surface area (Å²) in [5.41, 5.74) is 1.71. The second kappa shape index (κ2) is 8.01. The monoisotopic (exact) mass is 397 g/mol. The van der Waals surface area contributed by atoms with Crippen molar-refractivity contribution < 1.29 is 28.6 Å². The zero-order valence-corrected chi connectivity index (χ0v) is 16.3. The molecule has 2 aromatic heterocycles. The van der Waals surface area contributed by atoms with Crippen molar-refractivity contribution in [3.63, 3.8) is 0 Å². The third-order valence-corrected chi connectivity index (χ3v) is 4.26. The van der Waals surface area contributed by atoms with Crippen LogP contribution in [0.25, 0.3) is 5.65 Å². The Bertz CT molecular complexity index is 1080. The number of methoxy groups -OCH3 is 3. The number of anilines is 1. The van der Waals surface area contributed by atoms with Gasteiger partial charge in [-0.1, -0.05) is 0 Å². The molecule has 150 valence electrons. The van der Waals surface area contributed by atoms with Gasteiger partial charge < -0.3 is 19.5 Å². The second-order valence-corrected chi connectivity index (χ2v) is 6.05. The number of hydrogen-bond donors (Lipinski definition) is 1. The number of esters is 2. The number of hydrogen-bond acceptors (Lipinski definition) is 7. The van der Waals surface area contributed by atoms with Crippen LogP contribution in [-0.4, -0.2) is 48.6 Å². The lowest BCUT2D eigenvalue weighted by atomic mass is 10.1. The van der Waals surface area contributed by atoms with Crippen molar-refractivity contribution in [3.05, 3.63) is 59.0 Å². The normalized spacial score (nSPS) is 10.5. The molecule has 1 amide bonds. The first-order chi connectivity index (χ1) is 13.9. The molecule has 0 aliphatic carbocycles. The molecule has 3 rings (SSSR count). The standard InChI is InChI=1S/C20H19N3O6/c1-11-16(23-7-5-6-15(27-2)17(23)21-11)18(24)22-14-9-12(19(25)28-3)8-13(10-14)20(26)29-4/h5-10H,1-4H3,(H,22,24). The number of benzene rings is 1. The first kappa shape index (κ1) is 19.9. The molecule has 0 saturated carbocycles. The third kappa shape index (κ3) is 3.75. The Balaban J connectivity index is 2.03. The van der Waals surface area contributed by atoms with Crippen LogP contribution in [0, 0.1) is 6.92 Å². The van der Waals surface area contributed by atoms with E-state index in [1.165, 1.54) is 39.5 Å². The summed E-state index contributed by atoms with van der Waals surface area (Å²) in [5.74, 6) is -1.25. The molecule has 9 nitrogen and oxygen atoms in total. The van der Waals surface area contributed by atoms with Crippen LogP contribution in [0.4, 0.5) is 5.69 Å². The van der Waals surface area contributed by atoms with Crippen LogP contribution in [0.2, 0.25) is 0 Å². The van der Waals surface area contributed by atoms with Crippen LogP contribution in [0.15, 0.2) is 36.5 Å². The zero-order valence-electron chi connectivity index (χ0n) is 16.3. The number of nitrogens with zero attached hydrogens (tertiary/aromatic N) is 2. The Kier molecular flexibility index (Phi) is 5.49. The molecular weight excluding hydrogens is 378 g/mol. The van der Waals surface area contributed by atoms with E-state index in [2.05, 4.69) is 10.3 Å². The van der Waals surface area contributed by atoms with Gasteiger partial charge in [0.15, 0.2) is 11.4 Å². The largest absolute Gasteiger partial charge is 0.493 e. The molecule has 0 aliphatic heterocycles. The molecular formula is C20H19N3O6. The fraction of sp³-hybridized carbons (Fsp3) is 0.200. The number of aryl methyl sites for hydroxylation is 1. The van der Waals surface area contributed by atoms with Gasteiger partial charge in [-0.15, -0.1) is 0 Å². The van der Waals surface area contributed by atoms with Crippen LogP contribution in [0.3, 0.4) is 0 Å². The number of nitrogens with one attached hydrogen (secondary N) is 1. The molecule has 9 heteroatoms. The maximum absolute atomic E-state index is 13.0. The van der Waals surface area contributed by atoms with E-state index >= 15 is 0 Å². The molecule has 0 spiro atoms. The Morgan fingerprint density at radius 1 is 1.00 bits per heavy atom. The van der Waals surface area contributed by atoms with Gasteiger partial charge in [0.1, 0.15) is 5.69 Å². The molecule has 0 fully saturated rings. The number of pyridine rings is 1. The first-order valence-electron chi connectivity index (χ1n) is 8.54. The van der Waals surface area contributed by atoms with E-state index in [0.717, 1.165) is 0 Å². The summed E-state index contributed by atoms with van der Waals surface area (Å²) in [6, 6.07) is 7.63. The predicted molar refractivity (Wildman–Crippen MR) is 104 cm³/mol. The summed E-state index contributed by atoms with van der Waals surface area (Å²) in [6.07, 6.45) is 1.69. The van der Waals surface area contributed by atoms with E-state index in [1.807, 2.05) is 0 Å². The number of fused-ring (bicyclic) bond motifs is 1. The van der Waals surface area contributed by atoms with Crippen LogP contribution in [0.1, 0.15) is 36.9 Å². The van der Waals surface area contributed by atoms with Gasteiger partial charge in [0.2, 0.25) is 0 Å². The Hall–Kier alpha value is -3.88. The molecule has 0 unspecified atom stereocenters. The summed E-state index contributed by atoms with van der Waals surface area (Å²) in [6.45, 7) is 1.70. The van der Waals surface area contributed by atoms with Gasteiger partial charge in [0.25, 0.3) is 5.91 Å². The smallest absolute Gasteiger partial charge is 0.337 e. The number of imidazole rings is 1. The summed E-state index contributed by atoms with van der Waals surface area (Å²) in [7, 11) is 3.97. The average molecular weight is 397 g/mol. The maximum Gasteiger partial charge on any atom is 0.337 e. The molecule has 0 bridgehead atoms. The summed E-state index contributed by atoms with van der Waals surface area (Å²) in [5, 5.41) is 2.70. The number of amides is 1. The highest BCUT2D eigenvalue weighted by atomic mass is 16.5. The molecule has 0 aliphatic rings. The minimum atomic E-state index is -0.651. The molecule has 1 aromatic carbocycles. The number of carbonyl (C=O) groups is 3. The van der Waals surface area contributed by atoms with Crippen LogP contribution in [0.5, 0.6) is 5.75 Å². The summed E-state index contributed by atoms with van der Waals surface area (Å²) in [4.78, 5) is 41.2. The van der Waals surface area contributed by atoms with Gasteiger partial charge in [-0.05, 0) is 37.3 Å². The molecule has 0 radical (unpaired) electrons. The van der Waals surface area contributed by atoms with Gasteiger partial charge in [0, 0.05) is 11.9 Å². The summed E-state index contributed by atoms with van der Waals surface area (Å²) < 4.78 is 16.3. The molecule has 0 saturated heterocycles. The quantitative estimate of drug-likeness (QED) is 0.659. The van der Waals surface area contributed by atoms with Gasteiger partial charge in [-0.25, -0.2) is 14.6 Å². The Morgan fingerprint density at radius 3 is 2.17 bits per heavy atom. The van der Waals surface area contributed by atoms with E-state index in [0.29, 0.717) is 22.8 Å². The maximum atomic E-state index is 13.0. The second-order valence-electron chi connectivity index (χ2n) is 6.05. The minimum Gasteiger partial charge on any atom is -0.493 e. The molecule has 1 N–H and O–H groups in total. The minimum absolute atomic E-state index is 0.0993. The van der Waals surface area contributed by atoms with Crippen LogP contribution < -0.4 is 10.1 Å². The van der Waals surface area contributed by atoms with Crippen molar-refractivity contribution in [2.24, 2.45) is 0 Å². The molecule has 0 atom stereocenters. The van der Waals surface area contributed by atoms with Crippen LogP contribution >= 0.6 is 0 Å². The van der Waals surface area contributed by atoms with E-state index < -0.39 is 17.8 Å². The van der Waals surface area contributed by atoms with Gasteiger partial charge in [-0.3, -0.25) is 9.20 Å². The van der Waals surface area contributed by atoms with E-state index in [4.69, 9.17) is 14.2 Å². The van der Waals surface area contributed by atoms with Crippen LogP contribution in [-0.2, 0) is 9.47 Å². The number of rotatable bonds is 5. The summed E-state index contributed by atoms with van der Waals surface area (Å²) >= 11 is 0. The average Bonchev–Trinajstić information content (AvgIpc) is 3.07. The Morgan fingerprint density at radius 2 is 1.62 bits per heavy atom. The number of aromatic nitrogens is 2. The third-order valence-electron chi connectivity index (χ3n) is 4.26. The predicted octanol–water partition coefficient (Wildman–Crippen LogP) is 2.48. The number of ether oxygens (including phenoxy) is 3. The van der Waals surface area contributed by atoms with Crippen molar-refractivity contribution in [3.8, 4) is 5.75 Å². The van der Waals surface area contributed by atoms with Gasteiger partial charge in [-0.2, -0.15) is 0 Å². The molecule has 3 aromatic rings. The lowest BCUT2D eigenvalue weighted by Gasteiger charge is -2.10. The van der Waals surface area contributed by atoms with Gasteiger partial charge in [0.05, 0.1) is 38.2 Å². The van der Waals surface area contributed by atoms with E-state index in [1.54, 1.807) is 29.7 Å². The van der Waals surface area contributed by atoms with Gasteiger partial charge >= 0.3 is 11.9 Å². The highest BCUT2D eigenvalue weighted by Crippen LogP contribution is 2.23. The fourth-order valence-electron chi connectivity index (χ4n) is 2.95. The molecule has 29 heavy (non-hydrogen) atoms. The highest BCUT2D eigenvalue weighted by Gasteiger charge is 2.20. The first-order valence-corrected chi connectivity index (χ1v) is 8.54. The van der Waals surface area contributed by atoms with Crippen molar-refractivity contribution >= 4 is 29.2 Å². The van der Waals surface area contributed by atoms with E-state index in [9.17, 15) is 14.4 Å². The lowest BCUT2D eigenvalue weighted by Crippen LogP contribution is -2.17. The van der Waals surface area contributed by atoms with Crippen molar-refractivity contribution in [1.29, 1.82) is 0 Å². The number of carbonyl (C=O) groups excluding carboxylic acids is 3.